The molecule has 2 aromatic rings. The van der Waals surface area contributed by atoms with Crippen LogP contribution in [0.3, 0.4) is 0 Å². The number of pyridine rings is 1. The predicted molar refractivity (Wildman–Crippen MR) is 93.3 cm³/mol. The zero-order chi connectivity index (χ0) is 16.9. The summed E-state index contributed by atoms with van der Waals surface area (Å²) in [6.45, 7) is 6.75. The summed E-state index contributed by atoms with van der Waals surface area (Å²) in [7, 11) is 1.74. The van der Waals surface area contributed by atoms with Gasteiger partial charge in [0.15, 0.2) is 0 Å². The summed E-state index contributed by atoms with van der Waals surface area (Å²) in [5, 5.41) is 3.08. The highest BCUT2D eigenvalue weighted by Gasteiger charge is 2.22. The Labute approximate surface area is 142 Å². The second-order valence-electron chi connectivity index (χ2n) is 6.58. The summed E-state index contributed by atoms with van der Waals surface area (Å²) in [4.78, 5) is 19.2. The molecule has 0 aliphatic carbocycles. The molecular weight excluding hydrogens is 304 g/mol. The van der Waals surface area contributed by atoms with E-state index in [2.05, 4.69) is 15.2 Å². The molecule has 3 rings (SSSR count). The Hall–Kier alpha value is -1.92. The highest BCUT2D eigenvalue weighted by atomic mass is 16.5. The molecule has 130 valence electrons. The third kappa shape index (κ3) is 4.13. The first-order chi connectivity index (χ1) is 11.7. The number of amides is 1. The number of nitrogens with one attached hydrogen (secondary N) is 1. The zero-order valence-electron chi connectivity index (χ0n) is 14.5. The maximum absolute atomic E-state index is 12.4. The highest BCUT2D eigenvalue weighted by molar-refractivity contribution is 5.94. The lowest BCUT2D eigenvalue weighted by Crippen LogP contribution is -2.31. The van der Waals surface area contributed by atoms with Crippen LogP contribution in [0.2, 0.25) is 0 Å². The van der Waals surface area contributed by atoms with Gasteiger partial charge in [0, 0.05) is 45.7 Å². The van der Waals surface area contributed by atoms with Gasteiger partial charge in [-0.15, -0.1) is 0 Å². The van der Waals surface area contributed by atoms with Crippen LogP contribution in [0.5, 0.6) is 0 Å². The van der Waals surface area contributed by atoms with Crippen LogP contribution in [-0.4, -0.2) is 60.1 Å². The standard InChI is InChI=1S/C18H26N4O2/c1-14-11-22-13-16(4-5-17(22)20-14)18(23)19-10-15-6-8-21(12-15)7-3-9-24-2/h4-5,11,13,15H,3,6-10,12H2,1-2H3,(H,19,23). The fraction of sp³-hybridized carbons (Fsp3) is 0.556. The van der Waals surface area contributed by atoms with E-state index in [1.165, 1.54) is 0 Å². The van der Waals surface area contributed by atoms with Crippen molar-refractivity contribution >= 4 is 11.6 Å². The monoisotopic (exact) mass is 330 g/mol. The number of hydrogen-bond acceptors (Lipinski definition) is 4. The number of carbonyl (C=O) groups is 1. The first kappa shape index (κ1) is 16.9. The number of carbonyl (C=O) groups excluding carboxylic acids is 1. The minimum atomic E-state index is -0.0129. The molecule has 1 atom stereocenters. The van der Waals surface area contributed by atoms with Crippen molar-refractivity contribution in [3.63, 3.8) is 0 Å². The number of fused-ring (bicyclic) bond motifs is 1. The number of likely N-dealkylation sites (tertiary alicyclic amines) is 1. The minimum Gasteiger partial charge on any atom is -0.385 e. The fourth-order valence-corrected chi connectivity index (χ4v) is 3.31. The lowest BCUT2D eigenvalue weighted by Gasteiger charge is -2.16. The van der Waals surface area contributed by atoms with Gasteiger partial charge in [0.2, 0.25) is 0 Å². The van der Waals surface area contributed by atoms with Crippen LogP contribution >= 0.6 is 0 Å². The molecule has 1 N–H and O–H groups in total. The molecular formula is C18H26N4O2. The van der Waals surface area contributed by atoms with E-state index in [9.17, 15) is 4.79 Å². The molecule has 3 heterocycles. The van der Waals surface area contributed by atoms with Crippen LogP contribution in [0.1, 0.15) is 28.9 Å². The van der Waals surface area contributed by atoms with Crippen LogP contribution < -0.4 is 5.32 Å². The average Bonchev–Trinajstić information content (AvgIpc) is 3.17. The summed E-state index contributed by atoms with van der Waals surface area (Å²) in [5.74, 6) is 0.525. The zero-order valence-corrected chi connectivity index (χ0v) is 14.5. The van der Waals surface area contributed by atoms with Gasteiger partial charge in [-0.2, -0.15) is 0 Å². The molecule has 6 heteroatoms. The van der Waals surface area contributed by atoms with Crippen LogP contribution in [-0.2, 0) is 4.74 Å². The second kappa shape index (κ2) is 7.77. The second-order valence-corrected chi connectivity index (χ2v) is 6.58. The van der Waals surface area contributed by atoms with Gasteiger partial charge in [-0.05, 0) is 44.4 Å². The van der Waals surface area contributed by atoms with Crippen molar-refractivity contribution < 1.29 is 9.53 Å². The van der Waals surface area contributed by atoms with E-state index < -0.39 is 0 Å². The van der Waals surface area contributed by atoms with Crippen molar-refractivity contribution in [1.82, 2.24) is 19.6 Å². The third-order valence-electron chi connectivity index (χ3n) is 4.58. The Morgan fingerprint density at radius 2 is 2.29 bits per heavy atom. The first-order valence-electron chi connectivity index (χ1n) is 8.60. The van der Waals surface area contributed by atoms with Crippen molar-refractivity contribution in [2.75, 3.05) is 39.9 Å². The fourth-order valence-electron chi connectivity index (χ4n) is 3.31. The molecule has 24 heavy (non-hydrogen) atoms. The predicted octanol–water partition coefficient (Wildman–Crippen LogP) is 1.73. The quantitative estimate of drug-likeness (QED) is 0.786. The Bertz CT molecular complexity index is 697. The van der Waals surface area contributed by atoms with E-state index in [1.807, 2.05) is 35.9 Å². The maximum atomic E-state index is 12.4. The lowest BCUT2D eigenvalue weighted by molar-refractivity contribution is 0.0947. The lowest BCUT2D eigenvalue weighted by atomic mass is 10.1. The molecule has 0 spiro atoms. The third-order valence-corrected chi connectivity index (χ3v) is 4.58. The molecule has 1 aliphatic heterocycles. The van der Waals surface area contributed by atoms with E-state index in [0.29, 0.717) is 11.5 Å². The van der Waals surface area contributed by atoms with Gasteiger partial charge < -0.3 is 19.4 Å². The van der Waals surface area contributed by atoms with Crippen LogP contribution in [0.25, 0.3) is 5.65 Å². The molecule has 0 aromatic carbocycles. The largest absolute Gasteiger partial charge is 0.385 e. The number of ether oxygens (including phenoxy) is 1. The smallest absolute Gasteiger partial charge is 0.252 e. The minimum absolute atomic E-state index is 0.0129. The molecule has 1 amide bonds. The number of aromatic nitrogens is 2. The van der Waals surface area contributed by atoms with Crippen molar-refractivity contribution in [3.8, 4) is 0 Å². The first-order valence-corrected chi connectivity index (χ1v) is 8.60. The molecule has 6 nitrogen and oxygen atoms in total. The van der Waals surface area contributed by atoms with E-state index in [4.69, 9.17) is 4.74 Å². The molecule has 1 aliphatic rings. The molecule has 1 unspecified atom stereocenters. The summed E-state index contributed by atoms with van der Waals surface area (Å²) in [6.07, 6.45) is 5.99. The van der Waals surface area contributed by atoms with Gasteiger partial charge in [-0.3, -0.25) is 4.79 Å². The average molecular weight is 330 g/mol. The summed E-state index contributed by atoms with van der Waals surface area (Å²) in [6, 6.07) is 3.72. The Kier molecular flexibility index (Phi) is 5.48. The normalized spacial score (nSPS) is 18.3. The number of methoxy groups -OCH3 is 1. The highest BCUT2D eigenvalue weighted by Crippen LogP contribution is 2.16. The molecule has 2 aromatic heterocycles. The summed E-state index contributed by atoms with van der Waals surface area (Å²) >= 11 is 0. The van der Waals surface area contributed by atoms with E-state index in [1.54, 1.807) is 7.11 Å². The van der Waals surface area contributed by atoms with Gasteiger partial charge in [-0.25, -0.2) is 4.98 Å². The van der Waals surface area contributed by atoms with Crippen molar-refractivity contribution in [3.05, 3.63) is 35.8 Å². The van der Waals surface area contributed by atoms with E-state index in [0.717, 1.165) is 57.0 Å². The van der Waals surface area contributed by atoms with Crippen molar-refractivity contribution in [1.29, 1.82) is 0 Å². The van der Waals surface area contributed by atoms with Crippen molar-refractivity contribution in [2.45, 2.75) is 19.8 Å². The van der Waals surface area contributed by atoms with Gasteiger partial charge in [0.25, 0.3) is 5.91 Å². The Balaban J connectivity index is 1.48. The molecule has 0 saturated carbocycles. The number of aryl methyl sites for hydroxylation is 1. The molecule has 0 radical (unpaired) electrons. The maximum Gasteiger partial charge on any atom is 0.252 e. The Morgan fingerprint density at radius 1 is 1.42 bits per heavy atom. The van der Waals surface area contributed by atoms with Gasteiger partial charge >= 0.3 is 0 Å². The van der Waals surface area contributed by atoms with Crippen molar-refractivity contribution in [2.24, 2.45) is 5.92 Å². The van der Waals surface area contributed by atoms with E-state index in [-0.39, 0.29) is 5.91 Å². The number of imidazole rings is 1. The SMILES string of the molecule is COCCCN1CCC(CNC(=O)c2ccc3nc(C)cn3c2)C1. The van der Waals surface area contributed by atoms with Crippen LogP contribution in [0.4, 0.5) is 0 Å². The molecule has 1 fully saturated rings. The topological polar surface area (TPSA) is 58.9 Å². The molecule has 0 bridgehead atoms. The Morgan fingerprint density at radius 3 is 3.12 bits per heavy atom. The van der Waals surface area contributed by atoms with E-state index >= 15 is 0 Å². The van der Waals surface area contributed by atoms with Gasteiger partial charge in [0.05, 0.1) is 11.3 Å². The number of rotatable bonds is 7. The number of hydrogen-bond donors (Lipinski definition) is 1. The summed E-state index contributed by atoms with van der Waals surface area (Å²) < 4.78 is 7.00. The van der Waals surface area contributed by atoms with Gasteiger partial charge in [-0.1, -0.05) is 0 Å². The summed E-state index contributed by atoms with van der Waals surface area (Å²) in [5.41, 5.74) is 2.49. The van der Waals surface area contributed by atoms with Crippen LogP contribution in [0, 0.1) is 12.8 Å². The molecule has 1 saturated heterocycles. The number of nitrogens with zero attached hydrogens (tertiary/aromatic N) is 3. The van der Waals surface area contributed by atoms with Crippen LogP contribution in [0.15, 0.2) is 24.5 Å². The van der Waals surface area contributed by atoms with Gasteiger partial charge in [0.1, 0.15) is 5.65 Å².